The molecule has 1 N–H and O–H groups in total. The molecule has 1 heterocycles. The molecule has 0 saturated carbocycles. The molecule has 35 heavy (non-hydrogen) atoms. The fraction of sp³-hybridized carbons (Fsp3) is 0.357. The molecule has 1 aliphatic heterocycles. The normalized spacial score (nSPS) is 19.8. The molecular weight excluding hydrogens is 466 g/mol. The minimum absolute atomic E-state index is 0.00435. The van der Waals surface area contributed by atoms with Crippen molar-refractivity contribution in [3.05, 3.63) is 87.2 Å². The SMILES string of the molecule is CCOc1ccccc1[C@H]1C(C(=O)OCCOC)=C(C)NC2=C1C(=O)C[C@@H](c1ccc(Cl)cc1)C2. The lowest BCUT2D eigenvalue weighted by Gasteiger charge is -2.37. The van der Waals surface area contributed by atoms with Crippen LogP contribution in [0.5, 0.6) is 5.75 Å². The van der Waals surface area contributed by atoms with Crippen LogP contribution >= 0.6 is 11.6 Å². The summed E-state index contributed by atoms with van der Waals surface area (Å²) in [5.41, 5.74) is 4.38. The molecule has 0 amide bonds. The van der Waals surface area contributed by atoms with Gasteiger partial charge in [-0.15, -0.1) is 0 Å². The third kappa shape index (κ3) is 5.29. The number of benzene rings is 2. The Labute approximate surface area is 210 Å². The highest BCUT2D eigenvalue weighted by Gasteiger charge is 2.42. The fourth-order valence-corrected chi connectivity index (χ4v) is 5.02. The number of halogens is 1. The van der Waals surface area contributed by atoms with Gasteiger partial charge in [0, 0.05) is 41.1 Å². The molecule has 2 aromatic carbocycles. The van der Waals surface area contributed by atoms with Crippen LogP contribution in [-0.4, -0.2) is 38.7 Å². The van der Waals surface area contributed by atoms with Crippen molar-refractivity contribution in [3.63, 3.8) is 0 Å². The lowest BCUT2D eigenvalue weighted by molar-refractivity contribution is -0.140. The molecular formula is C28H30ClNO5. The van der Waals surface area contributed by atoms with Crippen LogP contribution in [0.4, 0.5) is 0 Å². The summed E-state index contributed by atoms with van der Waals surface area (Å²) in [6.07, 6.45) is 1.000. The van der Waals surface area contributed by atoms with Crippen LogP contribution in [0.1, 0.15) is 49.7 Å². The van der Waals surface area contributed by atoms with Crippen molar-refractivity contribution in [2.24, 2.45) is 0 Å². The second-order valence-electron chi connectivity index (χ2n) is 8.67. The number of allylic oxidation sites excluding steroid dienone is 3. The second-order valence-corrected chi connectivity index (χ2v) is 9.10. The first kappa shape index (κ1) is 25.0. The van der Waals surface area contributed by atoms with Crippen molar-refractivity contribution in [2.45, 2.75) is 38.5 Å². The molecule has 0 radical (unpaired) electrons. The Morgan fingerprint density at radius 2 is 1.83 bits per heavy atom. The highest BCUT2D eigenvalue weighted by atomic mass is 35.5. The molecule has 0 unspecified atom stereocenters. The average Bonchev–Trinajstić information content (AvgIpc) is 2.84. The van der Waals surface area contributed by atoms with E-state index in [1.165, 1.54) is 0 Å². The van der Waals surface area contributed by atoms with E-state index in [1.54, 1.807) is 7.11 Å². The number of Topliss-reactive ketones (excluding diaryl/α,β-unsaturated/α-hetero) is 1. The zero-order chi connectivity index (χ0) is 24.9. The molecule has 0 saturated heterocycles. The van der Waals surface area contributed by atoms with Crippen molar-refractivity contribution in [1.29, 1.82) is 0 Å². The monoisotopic (exact) mass is 495 g/mol. The van der Waals surface area contributed by atoms with Crippen molar-refractivity contribution < 1.29 is 23.8 Å². The smallest absolute Gasteiger partial charge is 0.336 e. The number of esters is 1. The number of rotatable bonds is 8. The van der Waals surface area contributed by atoms with Gasteiger partial charge in [0.15, 0.2) is 5.78 Å². The van der Waals surface area contributed by atoms with E-state index in [-0.39, 0.29) is 18.3 Å². The summed E-state index contributed by atoms with van der Waals surface area (Å²) in [5, 5.41) is 4.03. The maximum atomic E-state index is 13.7. The summed E-state index contributed by atoms with van der Waals surface area (Å²) in [7, 11) is 1.55. The Kier molecular flexibility index (Phi) is 7.93. The predicted octanol–water partition coefficient (Wildman–Crippen LogP) is 5.29. The summed E-state index contributed by atoms with van der Waals surface area (Å²) in [5.74, 6) is -0.372. The lowest BCUT2D eigenvalue weighted by Crippen LogP contribution is -2.36. The lowest BCUT2D eigenvalue weighted by atomic mass is 9.71. The number of hydrogen-bond acceptors (Lipinski definition) is 6. The maximum Gasteiger partial charge on any atom is 0.336 e. The van der Waals surface area contributed by atoms with Crippen molar-refractivity contribution in [3.8, 4) is 5.75 Å². The second kappa shape index (κ2) is 11.1. The van der Waals surface area contributed by atoms with E-state index in [0.717, 1.165) is 16.8 Å². The van der Waals surface area contributed by atoms with E-state index >= 15 is 0 Å². The van der Waals surface area contributed by atoms with Crippen molar-refractivity contribution >= 4 is 23.4 Å². The van der Waals surface area contributed by atoms with E-state index < -0.39 is 11.9 Å². The van der Waals surface area contributed by atoms with Crippen LogP contribution in [0, 0.1) is 0 Å². The van der Waals surface area contributed by atoms with Gasteiger partial charge in [0.2, 0.25) is 0 Å². The minimum Gasteiger partial charge on any atom is -0.494 e. The number of methoxy groups -OCH3 is 1. The summed E-state index contributed by atoms with van der Waals surface area (Å²) in [6, 6.07) is 15.2. The summed E-state index contributed by atoms with van der Waals surface area (Å²) in [6.45, 7) is 4.65. The number of carbonyl (C=O) groups excluding carboxylic acids is 2. The van der Waals surface area contributed by atoms with Gasteiger partial charge in [0.25, 0.3) is 0 Å². The van der Waals surface area contributed by atoms with Crippen LogP contribution in [0.15, 0.2) is 71.1 Å². The largest absolute Gasteiger partial charge is 0.494 e. The number of nitrogens with one attached hydrogen (secondary N) is 1. The van der Waals surface area contributed by atoms with E-state index in [4.69, 9.17) is 25.8 Å². The standard InChI is InChI=1S/C28H30ClNO5/c1-4-34-24-8-6-5-7-21(24)26-25(28(32)35-14-13-33-3)17(2)30-22-15-19(16-23(31)27(22)26)18-9-11-20(29)12-10-18/h5-12,19,26,30H,4,13-16H2,1-3H3/t19-,26-/m0/s1. The van der Waals surface area contributed by atoms with Crippen LogP contribution in [0.25, 0.3) is 0 Å². The molecule has 4 rings (SSSR count). The molecule has 6 nitrogen and oxygen atoms in total. The zero-order valence-corrected chi connectivity index (χ0v) is 21.0. The fourth-order valence-electron chi connectivity index (χ4n) is 4.89. The molecule has 7 heteroatoms. The highest BCUT2D eigenvalue weighted by Crippen LogP contribution is 2.47. The number of hydrogen-bond donors (Lipinski definition) is 1. The molecule has 1 aliphatic carbocycles. The zero-order valence-electron chi connectivity index (χ0n) is 20.2. The first-order valence-electron chi connectivity index (χ1n) is 11.8. The van der Waals surface area contributed by atoms with Crippen LogP contribution in [0.3, 0.4) is 0 Å². The molecule has 2 atom stereocenters. The first-order chi connectivity index (χ1) is 16.9. The van der Waals surface area contributed by atoms with E-state index in [9.17, 15) is 9.59 Å². The predicted molar refractivity (Wildman–Crippen MR) is 134 cm³/mol. The minimum atomic E-state index is -0.581. The van der Waals surface area contributed by atoms with Gasteiger partial charge >= 0.3 is 5.97 Å². The van der Waals surface area contributed by atoms with Gasteiger partial charge in [0.05, 0.1) is 24.7 Å². The third-order valence-electron chi connectivity index (χ3n) is 6.44. The van der Waals surface area contributed by atoms with Crippen molar-refractivity contribution in [1.82, 2.24) is 5.32 Å². The number of carbonyl (C=O) groups is 2. The first-order valence-corrected chi connectivity index (χ1v) is 12.2. The van der Waals surface area contributed by atoms with Crippen molar-refractivity contribution in [2.75, 3.05) is 26.9 Å². The number of para-hydroxylation sites is 1. The van der Waals surface area contributed by atoms with Crippen LogP contribution in [0.2, 0.25) is 5.02 Å². The van der Waals surface area contributed by atoms with Gasteiger partial charge in [-0.2, -0.15) is 0 Å². The Morgan fingerprint density at radius 1 is 1.09 bits per heavy atom. The molecule has 0 fully saturated rings. The van der Waals surface area contributed by atoms with E-state index in [2.05, 4.69) is 5.32 Å². The quantitative estimate of drug-likeness (QED) is 0.396. The topological polar surface area (TPSA) is 73.9 Å². The average molecular weight is 496 g/mol. The highest BCUT2D eigenvalue weighted by molar-refractivity contribution is 6.30. The molecule has 0 spiro atoms. The van der Waals surface area contributed by atoms with Gasteiger partial charge in [-0.25, -0.2) is 4.79 Å². The number of dihydropyridines is 1. The maximum absolute atomic E-state index is 13.7. The number of ketones is 1. The van der Waals surface area contributed by atoms with E-state index in [1.807, 2.05) is 62.4 Å². The van der Waals surface area contributed by atoms with Crippen LogP contribution < -0.4 is 10.1 Å². The number of ether oxygens (including phenoxy) is 3. The third-order valence-corrected chi connectivity index (χ3v) is 6.69. The summed E-state index contributed by atoms with van der Waals surface area (Å²) >= 11 is 6.07. The van der Waals surface area contributed by atoms with Gasteiger partial charge in [-0.1, -0.05) is 41.9 Å². The Bertz CT molecular complexity index is 1170. The molecule has 0 bridgehead atoms. The van der Waals surface area contributed by atoms with Gasteiger partial charge in [-0.05, 0) is 49.9 Å². The van der Waals surface area contributed by atoms with Gasteiger partial charge < -0.3 is 19.5 Å². The Hall–Kier alpha value is -3.09. The van der Waals surface area contributed by atoms with Crippen LogP contribution in [-0.2, 0) is 19.1 Å². The molecule has 2 aliphatic rings. The Balaban J connectivity index is 1.78. The summed E-state index contributed by atoms with van der Waals surface area (Å²) in [4.78, 5) is 27.0. The van der Waals surface area contributed by atoms with E-state index in [0.29, 0.717) is 53.7 Å². The molecule has 2 aromatic rings. The summed E-state index contributed by atoms with van der Waals surface area (Å²) < 4.78 is 16.5. The molecule has 184 valence electrons. The molecule has 0 aromatic heterocycles. The Morgan fingerprint density at radius 3 is 2.54 bits per heavy atom. The van der Waals surface area contributed by atoms with Gasteiger partial charge in [-0.3, -0.25) is 4.79 Å². The van der Waals surface area contributed by atoms with Gasteiger partial charge in [0.1, 0.15) is 12.4 Å².